The largest absolute Gasteiger partial charge is 0.457 e. The Morgan fingerprint density at radius 2 is 1.62 bits per heavy atom. The molecule has 0 aliphatic carbocycles. The van der Waals surface area contributed by atoms with Crippen molar-refractivity contribution in [3.63, 3.8) is 0 Å². The molecule has 0 spiro atoms. The number of nitrogens with one attached hydrogen (secondary N) is 1. The number of anilines is 1. The minimum atomic E-state index is -0.600. The molecule has 0 radical (unpaired) electrons. The fraction of sp³-hybridized carbons (Fsp3) is 0.0909. The van der Waals surface area contributed by atoms with E-state index in [2.05, 4.69) is 21.2 Å². The van der Waals surface area contributed by atoms with E-state index in [1.807, 2.05) is 30.3 Å². The first-order valence-corrected chi connectivity index (χ1v) is 9.85. The van der Waals surface area contributed by atoms with Crippen molar-refractivity contribution in [2.24, 2.45) is 0 Å². The lowest BCUT2D eigenvalue weighted by Gasteiger charge is -2.11. The highest BCUT2D eigenvalue weighted by molar-refractivity contribution is 9.10. The quantitative estimate of drug-likeness (QED) is 0.445. The molecule has 3 aromatic carbocycles. The second-order valence-electron chi connectivity index (χ2n) is 6.10. The zero-order valence-corrected chi connectivity index (χ0v) is 17.8. The third kappa shape index (κ3) is 5.59. The standard InChI is InChI=1S/C22H17BrClNO4/c1-14-19(12-11-18(23)21(14)24)25-20(26)13-28-22(27)15-7-9-17(10-8-15)29-16-5-3-2-4-6-16/h2-12H,13H2,1H3,(H,25,26). The van der Waals surface area contributed by atoms with Crippen molar-refractivity contribution in [2.45, 2.75) is 6.92 Å². The molecule has 148 valence electrons. The minimum absolute atomic E-state index is 0.320. The van der Waals surface area contributed by atoms with Crippen molar-refractivity contribution in [1.29, 1.82) is 0 Å². The third-order valence-electron chi connectivity index (χ3n) is 4.02. The highest BCUT2D eigenvalue weighted by atomic mass is 79.9. The summed E-state index contributed by atoms with van der Waals surface area (Å²) >= 11 is 9.47. The van der Waals surface area contributed by atoms with Crippen LogP contribution in [0.3, 0.4) is 0 Å². The van der Waals surface area contributed by atoms with Gasteiger partial charge in [0.05, 0.1) is 10.6 Å². The van der Waals surface area contributed by atoms with Crippen LogP contribution in [0.5, 0.6) is 11.5 Å². The van der Waals surface area contributed by atoms with Crippen LogP contribution in [0.1, 0.15) is 15.9 Å². The van der Waals surface area contributed by atoms with Gasteiger partial charge < -0.3 is 14.8 Å². The molecule has 0 unspecified atom stereocenters. The molecular weight excluding hydrogens is 458 g/mol. The molecule has 3 aromatic rings. The molecule has 0 aliphatic rings. The van der Waals surface area contributed by atoms with E-state index in [0.29, 0.717) is 27.8 Å². The lowest BCUT2D eigenvalue weighted by atomic mass is 10.2. The normalized spacial score (nSPS) is 10.3. The molecule has 3 rings (SSSR count). The Bertz CT molecular complexity index is 1020. The van der Waals surface area contributed by atoms with Crippen LogP contribution in [0.15, 0.2) is 71.2 Å². The fourth-order valence-electron chi connectivity index (χ4n) is 2.47. The van der Waals surface area contributed by atoms with Gasteiger partial charge in [-0.05, 0) is 76.9 Å². The van der Waals surface area contributed by atoms with E-state index in [9.17, 15) is 9.59 Å². The molecule has 7 heteroatoms. The summed E-state index contributed by atoms with van der Waals surface area (Å²) in [6.45, 7) is 1.38. The predicted molar refractivity (Wildman–Crippen MR) is 116 cm³/mol. The van der Waals surface area contributed by atoms with E-state index in [0.717, 1.165) is 10.0 Å². The zero-order valence-electron chi connectivity index (χ0n) is 15.4. The van der Waals surface area contributed by atoms with Crippen molar-refractivity contribution in [3.05, 3.63) is 87.4 Å². The average Bonchev–Trinajstić information content (AvgIpc) is 2.74. The number of para-hydroxylation sites is 1. The number of rotatable bonds is 6. The van der Waals surface area contributed by atoms with E-state index < -0.39 is 18.5 Å². The number of benzene rings is 3. The molecule has 0 heterocycles. The summed E-state index contributed by atoms with van der Waals surface area (Å²) < 4.78 is 11.5. The molecule has 0 saturated heterocycles. The summed E-state index contributed by atoms with van der Waals surface area (Å²) in [5.74, 6) is 0.233. The number of carbonyl (C=O) groups is 2. The van der Waals surface area contributed by atoms with Crippen LogP contribution >= 0.6 is 27.5 Å². The van der Waals surface area contributed by atoms with E-state index in [1.165, 1.54) is 0 Å². The Labute approximate surface area is 181 Å². The van der Waals surface area contributed by atoms with Gasteiger partial charge in [-0.3, -0.25) is 4.79 Å². The number of amides is 1. The van der Waals surface area contributed by atoms with Crippen molar-refractivity contribution in [1.82, 2.24) is 0 Å². The molecular formula is C22H17BrClNO4. The van der Waals surface area contributed by atoms with Gasteiger partial charge in [0.25, 0.3) is 5.91 Å². The first kappa shape index (κ1) is 20.9. The molecule has 0 aromatic heterocycles. The maximum Gasteiger partial charge on any atom is 0.338 e. The summed E-state index contributed by atoms with van der Waals surface area (Å²) in [6.07, 6.45) is 0. The smallest absolute Gasteiger partial charge is 0.338 e. The first-order chi connectivity index (χ1) is 13.9. The SMILES string of the molecule is Cc1c(NC(=O)COC(=O)c2ccc(Oc3ccccc3)cc2)ccc(Br)c1Cl. The summed E-state index contributed by atoms with van der Waals surface area (Å²) in [6, 6.07) is 19.2. The molecule has 1 N–H and O–H groups in total. The molecule has 5 nitrogen and oxygen atoms in total. The van der Waals surface area contributed by atoms with E-state index in [-0.39, 0.29) is 0 Å². The van der Waals surface area contributed by atoms with Crippen LogP contribution in [0.25, 0.3) is 0 Å². The summed E-state index contributed by atoms with van der Waals surface area (Å²) in [7, 11) is 0. The molecule has 29 heavy (non-hydrogen) atoms. The topological polar surface area (TPSA) is 64.6 Å². The number of ether oxygens (including phenoxy) is 2. The van der Waals surface area contributed by atoms with E-state index in [1.54, 1.807) is 43.3 Å². The highest BCUT2D eigenvalue weighted by Gasteiger charge is 2.13. The molecule has 0 bridgehead atoms. The van der Waals surface area contributed by atoms with Crippen molar-refractivity contribution < 1.29 is 19.1 Å². The summed E-state index contributed by atoms with van der Waals surface area (Å²) in [5.41, 5.74) is 1.59. The molecule has 0 fully saturated rings. The van der Waals surface area contributed by atoms with Crippen LogP contribution in [0.2, 0.25) is 5.02 Å². The average molecular weight is 475 g/mol. The van der Waals surface area contributed by atoms with Crippen LogP contribution in [0, 0.1) is 6.92 Å². The van der Waals surface area contributed by atoms with Crippen LogP contribution < -0.4 is 10.1 Å². The maximum atomic E-state index is 12.2. The number of carbonyl (C=O) groups excluding carboxylic acids is 2. The Balaban J connectivity index is 1.54. The zero-order chi connectivity index (χ0) is 20.8. The third-order valence-corrected chi connectivity index (χ3v) is 5.39. The molecule has 0 atom stereocenters. The Kier molecular flexibility index (Phi) is 6.90. The minimum Gasteiger partial charge on any atom is -0.457 e. The molecule has 0 aliphatic heterocycles. The number of hydrogen-bond acceptors (Lipinski definition) is 4. The summed E-state index contributed by atoms with van der Waals surface area (Å²) in [4.78, 5) is 24.3. The number of hydrogen-bond donors (Lipinski definition) is 1. The Morgan fingerprint density at radius 1 is 0.966 bits per heavy atom. The maximum absolute atomic E-state index is 12.2. The number of esters is 1. The van der Waals surface area contributed by atoms with Gasteiger partial charge >= 0.3 is 5.97 Å². The monoisotopic (exact) mass is 473 g/mol. The van der Waals surface area contributed by atoms with Crippen LogP contribution in [0.4, 0.5) is 5.69 Å². The highest BCUT2D eigenvalue weighted by Crippen LogP contribution is 2.31. The molecule has 1 amide bonds. The van der Waals surface area contributed by atoms with Crippen LogP contribution in [-0.2, 0) is 9.53 Å². The predicted octanol–water partition coefficient (Wildman–Crippen LogP) is 6.00. The van der Waals surface area contributed by atoms with Gasteiger partial charge in [-0.25, -0.2) is 4.79 Å². The lowest BCUT2D eigenvalue weighted by Crippen LogP contribution is -2.21. The first-order valence-electron chi connectivity index (χ1n) is 8.68. The Morgan fingerprint density at radius 3 is 2.31 bits per heavy atom. The van der Waals surface area contributed by atoms with Gasteiger partial charge in [0.1, 0.15) is 11.5 Å². The van der Waals surface area contributed by atoms with E-state index >= 15 is 0 Å². The van der Waals surface area contributed by atoms with Crippen LogP contribution in [-0.4, -0.2) is 18.5 Å². The van der Waals surface area contributed by atoms with Crippen molar-refractivity contribution in [2.75, 3.05) is 11.9 Å². The number of halogens is 2. The van der Waals surface area contributed by atoms with Gasteiger partial charge in [0.2, 0.25) is 0 Å². The van der Waals surface area contributed by atoms with Gasteiger partial charge in [0, 0.05) is 10.2 Å². The van der Waals surface area contributed by atoms with E-state index in [4.69, 9.17) is 21.1 Å². The summed E-state index contributed by atoms with van der Waals surface area (Å²) in [5, 5.41) is 3.19. The molecule has 0 saturated carbocycles. The van der Waals surface area contributed by atoms with Gasteiger partial charge in [0.15, 0.2) is 6.61 Å². The second-order valence-corrected chi connectivity index (χ2v) is 7.33. The van der Waals surface area contributed by atoms with Gasteiger partial charge in [-0.1, -0.05) is 29.8 Å². The van der Waals surface area contributed by atoms with Crippen molar-refractivity contribution in [3.8, 4) is 11.5 Å². The van der Waals surface area contributed by atoms with Gasteiger partial charge in [-0.15, -0.1) is 0 Å². The second kappa shape index (κ2) is 9.58. The Hall–Kier alpha value is -2.83. The van der Waals surface area contributed by atoms with Crippen molar-refractivity contribution >= 4 is 45.1 Å². The fourth-order valence-corrected chi connectivity index (χ4v) is 3.07. The lowest BCUT2D eigenvalue weighted by molar-refractivity contribution is -0.119. The van der Waals surface area contributed by atoms with Gasteiger partial charge in [-0.2, -0.15) is 0 Å².